The maximum atomic E-state index is 13.0. The van der Waals surface area contributed by atoms with Crippen LogP contribution in [-0.4, -0.2) is 34.6 Å². The summed E-state index contributed by atoms with van der Waals surface area (Å²) in [6, 6.07) is 15.0. The van der Waals surface area contributed by atoms with Gasteiger partial charge in [0.2, 0.25) is 11.8 Å². The molecule has 0 unspecified atom stereocenters. The van der Waals surface area contributed by atoms with Crippen molar-refractivity contribution in [1.82, 2.24) is 10.2 Å². The molecule has 2 aromatic rings. The molecule has 1 atom stereocenters. The summed E-state index contributed by atoms with van der Waals surface area (Å²) in [5.41, 5.74) is 3.26. The molecule has 2 rings (SSSR count). The quantitative estimate of drug-likeness (QED) is 0.617. The maximum Gasteiger partial charge on any atom is 0.242 e. The van der Waals surface area contributed by atoms with Gasteiger partial charge in [0, 0.05) is 23.4 Å². The van der Waals surface area contributed by atoms with Crippen molar-refractivity contribution in [1.29, 1.82) is 0 Å². The lowest BCUT2D eigenvalue weighted by Gasteiger charge is -2.29. The van der Waals surface area contributed by atoms with E-state index in [1.807, 2.05) is 44.2 Å². The van der Waals surface area contributed by atoms with E-state index in [0.717, 1.165) is 11.3 Å². The molecule has 2 amide bonds. The second-order valence-corrected chi connectivity index (χ2v) is 8.76. The summed E-state index contributed by atoms with van der Waals surface area (Å²) in [6.07, 6.45) is 0. The lowest BCUT2D eigenvalue weighted by molar-refractivity contribution is -0.138. The van der Waals surface area contributed by atoms with Crippen molar-refractivity contribution in [3.8, 4) is 0 Å². The SMILES string of the molecule is Cc1ccccc1CSCC(=O)N(Cc1ccccc1Cl)[C@H](C)C(=O)NC(C)C. The summed E-state index contributed by atoms with van der Waals surface area (Å²) < 4.78 is 0. The van der Waals surface area contributed by atoms with E-state index in [0.29, 0.717) is 17.3 Å². The average Bonchev–Trinajstić information content (AvgIpc) is 2.67. The molecule has 0 aliphatic heterocycles. The number of hydrogen-bond acceptors (Lipinski definition) is 3. The number of benzene rings is 2. The molecule has 0 saturated carbocycles. The highest BCUT2D eigenvalue weighted by molar-refractivity contribution is 7.99. The smallest absolute Gasteiger partial charge is 0.242 e. The first-order valence-corrected chi connectivity index (χ1v) is 11.3. The van der Waals surface area contributed by atoms with E-state index < -0.39 is 6.04 Å². The minimum atomic E-state index is -0.583. The van der Waals surface area contributed by atoms with Gasteiger partial charge in [0.05, 0.1) is 5.75 Å². The number of thioether (sulfide) groups is 1. The molecule has 4 nitrogen and oxygen atoms in total. The number of rotatable bonds is 9. The van der Waals surface area contributed by atoms with Gasteiger partial charge in [-0.15, -0.1) is 11.8 Å². The molecule has 0 bridgehead atoms. The molecule has 0 fully saturated rings. The molecule has 156 valence electrons. The van der Waals surface area contributed by atoms with E-state index in [9.17, 15) is 9.59 Å². The van der Waals surface area contributed by atoms with Gasteiger partial charge in [-0.1, -0.05) is 54.1 Å². The van der Waals surface area contributed by atoms with E-state index in [1.54, 1.807) is 29.7 Å². The first-order valence-electron chi connectivity index (χ1n) is 9.75. The number of aryl methyl sites for hydroxylation is 1. The van der Waals surface area contributed by atoms with Crippen LogP contribution in [0.5, 0.6) is 0 Å². The van der Waals surface area contributed by atoms with Gasteiger partial charge < -0.3 is 10.2 Å². The molecule has 29 heavy (non-hydrogen) atoms. The van der Waals surface area contributed by atoms with Crippen LogP contribution < -0.4 is 5.32 Å². The number of amides is 2. The summed E-state index contributed by atoms with van der Waals surface area (Å²) in [5, 5.41) is 3.49. The molecule has 0 aromatic heterocycles. The van der Waals surface area contributed by atoms with Crippen LogP contribution in [0.25, 0.3) is 0 Å². The van der Waals surface area contributed by atoms with E-state index >= 15 is 0 Å². The monoisotopic (exact) mass is 432 g/mol. The van der Waals surface area contributed by atoms with Crippen molar-refractivity contribution in [2.24, 2.45) is 0 Å². The van der Waals surface area contributed by atoms with Crippen LogP contribution in [0.15, 0.2) is 48.5 Å². The summed E-state index contributed by atoms with van der Waals surface area (Å²) in [6.45, 7) is 7.94. The van der Waals surface area contributed by atoms with Crippen LogP contribution in [0.2, 0.25) is 5.02 Å². The molecule has 1 N–H and O–H groups in total. The molecule has 6 heteroatoms. The average molecular weight is 433 g/mol. The second-order valence-electron chi connectivity index (χ2n) is 7.37. The van der Waals surface area contributed by atoms with E-state index in [2.05, 4.69) is 24.4 Å². The zero-order valence-corrected chi connectivity index (χ0v) is 19.0. The number of halogens is 1. The van der Waals surface area contributed by atoms with Crippen LogP contribution >= 0.6 is 23.4 Å². The van der Waals surface area contributed by atoms with Crippen LogP contribution in [0.4, 0.5) is 0 Å². The molecule has 2 aromatic carbocycles. The third-order valence-corrected chi connectivity index (χ3v) is 5.98. The number of hydrogen-bond donors (Lipinski definition) is 1. The number of carbonyl (C=O) groups excluding carboxylic acids is 2. The van der Waals surface area contributed by atoms with Gasteiger partial charge in [0.1, 0.15) is 6.04 Å². The first kappa shape index (κ1) is 23.3. The molecule has 0 aliphatic rings. The van der Waals surface area contributed by atoms with Crippen LogP contribution in [0.3, 0.4) is 0 Å². The van der Waals surface area contributed by atoms with Crippen LogP contribution in [-0.2, 0) is 21.9 Å². The van der Waals surface area contributed by atoms with Crippen molar-refractivity contribution in [2.45, 2.75) is 52.1 Å². The molecule has 0 heterocycles. The van der Waals surface area contributed by atoms with E-state index in [1.165, 1.54) is 11.1 Å². The highest BCUT2D eigenvalue weighted by atomic mass is 35.5. The molecule has 0 radical (unpaired) electrons. The Hall–Kier alpha value is -1.98. The fraction of sp³-hybridized carbons (Fsp3) is 0.391. The Bertz CT molecular complexity index is 841. The minimum Gasteiger partial charge on any atom is -0.352 e. The van der Waals surface area contributed by atoms with Crippen molar-refractivity contribution < 1.29 is 9.59 Å². The Morgan fingerprint density at radius 2 is 1.66 bits per heavy atom. The number of nitrogens with zero attached hydrogens (tertiary/aromatic N) is 1. The molecule has 0 aliphatic carbocycles. The highest BCUT2D eigenvalue weighted by Crippen LogP contribution is 2.21. The van der Waals surface area contributed by atoms with Gasteiger partial charge in [-0.2, -0.15) is 0 Å². The third-order valence-electron chi connectivity index (χ3n) is 4.64. The topological polar surface area (TPSA) is 49.4 Å². The summed E-state index contributed by atoms with van der Waals surface area (Å²) in [4.78, 5) is 27.2. The molecule has 0 saturated heterocycles. The minimum absolute atomic E-state index is 0.0117. The van der Waals surface area contributed by atoms with Crippen molar-refractivity contribution in [3.05, 3.63) is 70.2 Å². The lowest BCUT2D eigenvalue weighted by Crippen LogP contribution is -2.49. The van der Waals surface area contributed by atoms with Gasteiger partial charge in [-0.3, -0.25) is 9.59 Å². The normalized spacial score (nSPS) is 11.9. The zero-order chi connectivity index (χ0) is 21.4. The zero-order valence-electron chi connectivity index (χ0n) is 17.4. The third kappa shape index (κ3) is 7.09. The first-order chi connectivity index (χ1) is 13.8. The van der Waals surface area contributed by atoms with Gasteiger partial charge in [-0.25, -0.2) is 0 Å². The number of nitrogens with one attached hydrogen (secondary N) is 1. The Balaban J connectivity index is 2.10. The lowest BCUT2D eigenvalue weighted by atomic mass is 10.1. The Kier molecular flexibility index (Phi) is 9.05. The van der Waals surface area contributed by atoms with E-state index in [4.69, 9.17) is 11.6 Å². The van der Waals surface area contributed by atoms with Gasteiger partial charge in [0.15, 0.2) is 0 Å². The predicted octanol–water partition coefficient (Wildman–Crippen LogP) is 4.82. The summed E-state index contributed by atoms with van der Waals surface area (Å²) in [7, 11) is 0. The van der Waals surface area contributed by atoms with Gasteiger partial charge in [0.25, 0.3) is 0 Å². The standard InChI is InChI=1S/C23H29ClN2O2S/c1-16(2)25-23(28)18(4)26(13-19-10-7-8-12-21(19)24)22(27)15-29-14-20-11-6-5-9-17(20)3/h5-12,16,18H,13-15H2,1-4H3,(H,25,28)/t18-/m1/s1. The maximum absolute atomic E-state index is 13.0. The number of carbonyl (C=O) groups is 2. The Morgan fingerprint density at radius 1 is 1.03 bits per heavy atom. The van der Waals surface area contributed by atoms with Crippen molar-refractivity contribution in [2.75, 3.05) is 5.75 Å². The molecular formula is C23H29ClN2O2S. The Labute approximate surface area is 183 Å². The summed E-state index contributed by atoms with van der Waals surface area (Å²) in [5.74, 6) is 0.822. The van der Waals surface area contributed by atoms with Crippen molar-refractivity contribution in [3.63, 3.8) is 0 Å². The highest BCUT2D eigenvalue weighted by Gasteiger charge is 2.26. The van der Waals surface area contributed by atoms with Gasteiger partial charge in [-0.05, 0) is 50.5 Å². The summed E-state index contributed by atoms with van der Waals surface area (Å²) >= 11 is 7.86. The van der Waals surface area contributed by atoms with E-state index in [-0.39, 0.29) is 17.9 Å². The predicted molar refractivity (Wildman–Crippen MR) is 122 cm³/mol. The second kappa shape index (κ2) is 11.3. The van der Waals surface area contributed by atoms with Crippen LogP contribution in [0, 0.1) is 6.92 Å². The molecule has 0 spiro atoms. The Morgan fingerprint density at radius 3 is 2.28 bits per heavy atom. The largest absolute Gasteiger partial charge is 0.352 e. The van der Waals surface area contributed by atoms with Gasteiger partial charge >= 0.3 is 0 Å². The molecular weight excluding hydrogens is 404 g/mol. The van der Waals surface area contributed by atoms with Crippen LogP contribution in [0.1, 0.15) is 37.5 Å². The fourth-order valence-corrected chi connectivity index (χ4v) is 4.08. The fourth-order valence-electron chi connectivity index (χ4n) is 2.90. The van der Waals surface area contributed by atoms with Crippen molar-refractivity contribution >= 4 is 35.2 Å².